The molecule has 2 fully saturated rings. The molecule has 0 aromatic carbocycles. The highest BCUT2D eigenvalue weighted by atomic mass is 16.5. The van der Waals surface area contributed by atoms with Gasteiger partial charge in [0, 0.05) is 18.8 Å². The van der Waals surface area contributed by atoms with Crippen LogP contribution in [-0.4, -0.2) is 18.4 Å². The van der Waals surface area contributed by atoms with E-state index in [1.165, 1.54) is 0 Å². The lowest BCUT2D eigenvalue weighted by Gasteiger charge is -2.12. The van der Waals surface area contributed by atoms with Crippen molar-refractivity contribution in [3.8, 4) is 0 Å². The van der Waals surface area contributed by atoms with E-state index >= 15 is 0 Å². The molecule has 1 saturated carbocycles. The van der Waals surface area contributed by atoms with Gasteiger partial charge >= 0.3 is 5.97 Å². The predicted octanol–water partition coefficient (Wildman–Crippen LogP) is 0.919. The lowest BCUT2D eigenvalue weighted by molar-refractivity contribution is -0.137. The summed E-state index contributed by atoms with van der Waals surface area (Å²) in [4.78, 5) is 21.8. The van der Waals surface area contributed by atoms with Crippen molar-refractivity contribution in [2.24, 2.45) is 11.8 Å². The maximum Gasteiger partial charge on any atom is 0.306 e. The third kappa shape index (κ3) is 1.36. The Balaban J connectivity index is 1.93. The number of Topliss-reactive ketones (excluding diaryl/α,β-unsaturated/α-hetero) is 1. The van der Waals surface area contributed by atoms with Crippen LogP contribution < -0.4 is 0 Å². The Hall–Kier alpha value is -0.860. The molecule has 0 aromatic rings. The summed E-state index contributed by atoms with van der Waals surface area (Å²) in [6.07, 6.45) is 2.86. The zero-order valence-corrected chi connectivity index (χ0v) is 6.91. The molecular weight excluding hydrogens is 156 g/mol. The molecule has 2 aliphatic rings. The van der Waals surface area contributed by atoms with Gasteiger partial charge in [-0.25, -0.2) is 0 Å². The summed E-state index contributed by atoms with van der Waals surface area (Å²) in [5.74, 6) is 0.992. The van der Waals surface area contributed by atoms with Crippen LogP contribution in [-0.2, 0) is 14.3 Å². The van der Waals surface area contributed by atoms with Gasteiger partial charge in [0.05, 0.1) is 13.0 Å². The van der Waals surface area contributed by atoms with Crippen LogP contribution in [0.2, 0.25) is 0 Å². The molecule has 3 nitrogen and oxygen atoms in total. The third-order valence-corrected chi connectivity index (χ3v) is 2.84. The second-order valence-electron chi connectivity index (χ2n) is 3.69. The summed E-state index contributed by atoms with van der Waals surface area (Å²) in [6, 6.07) is 0. The van der Waals surface area contributed by atoms with Gasteiger partial charge in [-0.2, -0.15) is 0 Å². The van der Waals surface area contributed by atoms with Gasteiger partial charge in [0.15, 0.2) is 0 Å². The molecular formula is C9H12O3. The van der Waals surface area contributed by atoms with E-state index in [1.807, 2.05) is 0 Å². The number of rotatable bonds is 1. The first-order chi connectivity index (χ1) is 5.75. The average molecular weight is 168 g/mol. The molecule has 0 N–H and O–H groups in total. The first-order valence-corrected chi connectivity index (χ1v) is 4.43. The molecule has 0 aromatic heterocycles. The largest absolute Gasteiger partial charge is 0.465 e. The Bertz CT molecular complexity index is 198. The summed E-state index contributed by atoms with van der Waals surface area (Å²) >= 11 is 0. The molecule has 1 aliphatic carbocycles. The van der Waals surface area contributed by atoms with Crippen LogP contribution in [0.5, 0.6) is 0 Å². The molecule has 0 bridgehead atoms. The first-order valence-electron chi connectivity index (χ1n) is 4.43. The topological polar surface area (TPSA) is 43.4 Å². The Morgan fingerprint density at radius 2 is 2.00 bits per heavy atom. The van der Waals surface area contributed by atoms with Gasteiger partial charge in [-0.3, -0.25) is 9.59 Å². The summed E-state index contributed by atoms with van der Waals surface area (Å²) < 4.78 is 4.86. The van der Waals surface area contributed by atoms with E-state index in [9.17, 15) is 9.59 Å². The van der Waals surface area contributed by atoms with Crippen molar-refractivity contribution in [3.63, 3.8) is 0 Å². The summed E-state index contributed by atoms with van der Waals surface area (Å²) in [5, 5.41) is 0. The Kier molecular flexibility index (Phi) is 1.87. The first kappa shape index (κ1) is 7.77. The van der Waals surface area contributed by atoms with Crippen LogP contribution in [0.4, 0.5) is 0 Å². The van der Waals surface area contributed by atoms with Crippen LogP contribution in [0.1, 0.15) is 25.7 Å². The Morgan fingerprint density at radius 3 is 2.50 bits per heavy atom. The molecule has 3 heteroatoms. The molecule has 0 spiro atoms. The summed E-state index contributed by atoms with van der Waals surface area (Å²) in [5.41, 5.74) is 0. The average Bonchev–Trinajstić information content (AvgIpc) is 2.58. The number of hydrogen-bond acceptors (Lipinski definition) is 3. The number of ether oxygens (including phenoxy) is 1. The van der Waals surface area contributed by atoms with Gasteiger partial charge in [0.1, 0.15) is 5.78 Å². The van der Waals surface area contributed by atoms with Crippen molar-refractivity contribution in [1.82, 2.24) is 0 Å². The smallest absolute Gasteiger partial charge is 0.306 e. The number of esters is 1. The zero-order chi connectivity index (χ0) is 8.55. The second kappa shape index (κ2) is 2.88. The summed E-state index contributed by atoms with van der Waals surface area (Å²) in [6.45, 7) is 0.538. The van der Waals surface area contributed by atoms with Gasteiger partial charge in [0.2, 0.25) is 0 Å². The predicted molar refractivity (Wildman–Crippen MR) is 41.4 cm³/mol. The quantitative estimate of drug-likeness (QED) is 0.547. The van der Waals surface area contributed by atoms with Gasteiger partial charge in [-0.1, -0.05) is 0 Å². The van der Waals surface area contributed by atoms with E-state index in [1.54, 1.807) is 0 Å². The fraction of sp³-hybridized carbons (Fsp3) is 0.778. The van der Waals surface area contributed by atoms with Crippen molar-refractivity contribution >= 4 is 11.8 Å². The van der Waals surface area contributed by atoms with Crippen molar-refractivity contribution in [3.05, 3.63) is 0 Å². The minimum atomic E-state index is -0.0978. The van der Waals surface area contributed by atoms with Crippen LogP contribution in [0.3, 0.4) is 0 Å². The fourth-order valence-corrected chi connectivity index (χ4v) is 2.08. The third-order valence-electron chi connectivity index (χ3n) is 2.84. The number of hydrogen-bond donors (Lipinski definition) is 0. The van der Waals surface area contributed by atoms with E-state index < -0.39 is 0 Å². The highest BCUT2D eigenvalue weighted by molar-refractivity contribution is 5.81. The highest BCUT2D eigenvalue weighted by Gasteiger charge is 2.35. The Labute approximate surface area is 71.1 Å². The van der Waals surface area contributed by atoms with E-state index in [-0.39, 0.29) is 5.97 Å². The minimum Gasteiger partial charge on any atom is -0.465 e. The van der Waals surface area contributed by atoms with E-state index in [4.69, 9.17) is 4.74 Å². The molecule has 2 unspecified atom stereocenters. The van der Waals surface area contributed by atoms with Crippen molar-refractivity contribution in [2.45, 2.75) is 25.7 Å². The van der Waals surface area contributed by atoms with Crippen LogP contribution in [0, 0.1) is 11.8 Å². The number of carbonyl (C=O) groups is 2. The van der Waals surface area contributed by atoms with Gasteiger partial charge in [-0.05, 0) is 12.3 Å². The standard InChI is InChI=1S/C9H12O3/c10-8-2-1-6(3-8)7-4-9(11)12-5-7/h6-7H,1-5H2. The highest BCUT2D eigenvalue weighted by Crippen LogP contribution is 2.33. The van der Waals surface area contributed by atoms with Crippen molar-refractivity contribution < 1.29 is 14.3 Å². The molecule has 0 radical (unpaired) electrons. The molecule has 1 saturated heterocycles. The van der Waals surface area contributed by atoms with Crippen molar-refractivity contribution in [2.75, 3.05) is 6.61 Å². The van der Waals surface area contributed by atoms with Crippen LogP contribution in [0.15, 0.2) is 0 Å². The number of ketones is 1. The van der Waals surface area contributed by atoms with Gasteiger partial charge in [-0.15, -0.1) is 0 Å². The number of carbonyl (C=O) groups excluding carboxylic acids is 2. The molecule has 12 heavy (non-hydrogen) atoms. The summed E-state index contributed by atoms with van der Waals surface area (Å²) in [7, 11) is 0. The molecule has 2 atom stereocenters. The van der Waals surface area contributed by atoms with E-state index in [2.05, 4.69) is 0 Å². The van der Waals surface area contributed by atoms with E-state index in [0.717, 1.165) is 6.42 Å². The normalized spacial score (nSPS) is 35.7. The fourth-order valence-electron chi connectivity index (χ4n) is 2.08. The zero-order valence-electron chi connectivity index (χ0n) is 6.91. The molecule has 0 amide bonds. The number of cyclic esters (lactones) is 1. The Morgan fingerprint density at radius 1 is 1.17 bits per heavy atom. The lowest BCUT2D eigenvalue weighted by Crippen LogP contribution is -2.11. The van der Waals surface area contributed by atoms with E-state index in [0.29, 0.717) is 43.5 Å². The minimum absolute atomic E-state index is 0.0978. The second-order valence-corrected chi connectivity index (χ2v) is 3.69. The van der Waals surface area contributed by atoms with Gasteiger partial charge < -0.3 is 4.74 Å². The molecule has 2 rings (SSSR count). The van der Waals surface area contributed by atoms with Gasteiger partial charge in [0.25, 0.3) is 0 Å². The molecule has 1 heterocycles. The lowest BCUT2D eigenvalue weighted by atomic mass is 9.90. The van der Waals surface area contributed by atoms with Crippen LogP contribution >= 0.6 is 0 Å². The molecule has 1 aliphatic heterocycles. The molecule has 66 valence electrons. The maximum atomic E-state index is 11.0. The monoisotopic (exact) mass is 168 g/mol. The van der Waals surface area contributed by atoms with Crippen molar-refractivity contribution in [1.29, 1.82) is 0 Å². The SMILES string of the molecule is O=C1CCC(C2COC(=O)C2)C1. The maximum absolute atomic E-state index is 11.0. The van der Waals surface area contributed by atoms with Crippen LogP contribution in [0.25, 0.3) is 0 Å².